The molecule has 1 aromatic heterocycles. The summed E-state index contributed by atoms with van der Waals surface area (Å²) in [7, 11) is 0. The number of benzene rings is 2. The lowest BCUT2D eigenvalue weighted by Crippen LogP contribution is -2.22. The first-order chi connectivity index (χ1) is 11.0. The van der Waals surface area contributed by atoms with Crippen molar-refractivity contribution in [1.29, 1.82) is 0 Å². The molecule has 0 aliphatic carbocycles. The van der Waals surface area contributed by atoms with Crippen molar-refractivity contribution in [2.24, 2.45) is 0 Å². The summed E-state index contributed by atoms with van der Waals surface area (Å²) in [5.41, 5.74) is 3.43. The van der Waals surface area contributed by atoms with Crippen LogP contribution in [0.4, 0.5) is 11.4 Å². The Hall–Kier alpha value is -2.88. The summed E-state index contributed by atoms with van der Waals surface area (Å²) in [6.07, 6.45) is 1.73. The van der Waals surface area contributed by atoms with Crippen molar-refractivity contribution < 1.29 is 9.59 Å². The van der Waals surface area contributed by atoms with Gasteiger partial charge in [-0.2, -0.15) is 0 Å². The standard InChI is InChI=1S/C19H18N2O2/c1-13-8-10-16(11-9-13)21(15(3)23)19-12-20(14(2)22)18-7-5-4-6-17(18)19/h4-12H,1-3H3. The molecule has 0 spiro atoms. The van der Waals surface area contributed by atoms with Crippen LogP contribution in [0.25, 0.3) is 10.9 Å². The lowest BCUT2D eigenvalue weighted by molar-refractivity contribution is -0.115. The highest BCUT2D eigenvalue weighted by atomic mass is 16.2. The average Bonchev–Trinajstić information content (AvgIpc) is 2.89. The molecule has 0 aliphatic rings. The number of rotatable bonds is 2. The van der Waals surface area contributed by atoms with Crippen LogP contribution in [0.2, 0.25) is 0 Å². The van der Waals surface area contributed by atoms with Crippen molar-refractivity contribution in [2.75, 3.05) is 4.90 Å². The van der Waals surface area contributed by atoms with Gasteiger partial charge in [-0.15, -0.1) is 0 Å². The fourth-order valence-corrected chi connectivity index (χ4v) is 2.78. The van der Waals surface area contributed by atoms with E-state index >= 15 is 0 Å². The lowest BCUT2D eigenvalue weighted by Gasteiger charge is -2.20. The van der Waals surface area contributed by atoms with Crippen molar-refractivity contribution in [1.82, 2.24) is 4.57 Å². The van der Waals surface area contributed by atoms with Crippen molar-refractivity contribution in [3.05, 3.63) is 60.3 Å². The molecule has 0 saturated carbocycles. The van der Waals surface area contributed by atoms with Gasteiger partial charge in [0.05, 0.1) is 11.2 Å². The molecule has 23 heavy (non-hydrogen) atoms. The Balaban J connectivity index is 2.25. The van der Waals surface area contributed by atoms with Crippen LogP contribution in [0.3, 0.4) is 0 Å². The van der Waals surface area contributed by atoms with E-state index in [2.05, 4.69) is 0 Å². The molecule has 4 nitrogen and oxygen atoms in total. The second-order valence-corrected chi connectivity index (χ2v) is 5.61. The Morgan fingerprint density at radius 3 is 2.22 bits per heavy atom. The van der Waals surface area contributed by atoms with E-state index in [9.17, 15) is 9.59 Å². The zero-order valence-corrected chi connectivity index (χ0v) is 13.4. The van der Waals surface area contributed by atoms with Gasteiger partial charge >= 0.3 is 0 Å². The number of fused-ring (bicyclic) bond motifs is 1. The van der Waals surface area contributed by atoms with Crippen molar-refractivity contribution >= 4 is 34.1 Å². The third-order valence-electron chi connectivity index (χ3n) is 3.88. The van der Waals surface area contributed by atoms with Crippen LogP contribution in [0.5, 0.6) is 0 Å². The zero-order chi connectivity index (χ0) is 16.6. The smallest absolute Gasteiger partial charge is 0.228 e. The Morgan fingerprint density at radius 1 is 0.957 bits per heavy atom. The van der Waals surface area contributed by atoms with Crippen molar-refractivity contribution in [3.63, 3.8) is 0 Å². The fourth-order valence-electron chi connectivity index (χ4n) is 2.78. The molecule has 1 amide bonds. The van der Waals surface area contributed by atoms with Crippen LogP contribution in [-0.4, -0.2) is 16.4 Å². The minimum absolute atomic E-state index is 0.0835. The highest BCUT2D eigenvalue weighted by Gasteiger charge is 2.20. The van der Waals surface area contributed by atoms with Crippen molar-refractivity contribution in [3.8, 4) is 0 Å². The van der Waals surface area contributed by atoms with Gasteiger partial charge in [-0.25, -0.2) is 0 Å². The Morgan fingerprint density at radius 2 is 1.61 bits per heavy atom. The first-order valence-electron chi connectivity index (χ1n) is 7.47. The normalized spacial score (nSPS) is 10.7. The van der Waals surface area contributed by atoms with Gasteiger partial charge in [-0.3, -0.25) is 19.1 Å². The van der Waals surface area contributed by atoms with Crippen LogP contribution in [0, 0.1) is 6.92 Å². The van der Waals surface area contributed by atoms with Crippen LogP contribution in [0.1, 0.15) is 24.2 Å². The number of aryl methyl sites for hydroxylation is 1. The maximum atomic E-state index is 12.3. The summed E-state index contributed by atoms with van der Waals surface area (Å²) in [5.74, 6) is -0.180. The maximum Gasteiger partial charge on any atom is 0.228 e. The van der Waals surface area contributed by atoms with E-state index in [-0.39, 0.29) is 11.8 Å². The van der Waals surface area contributed by atoms with E-state index in [4.69, 9.17) is 0 Å². The van der Waals surface area contributed by atoms with Crippen LogP contribution < -0.4 is 4.90 Å². The molecular formula is C19H18N2O2. The monoisotopic (exact) mass is 306 g/mol. The molecular weight excluding hydrogens is 288 g/mol. The van der Waals surface area contributed by atoms with Crippen molar-refractivity contribution in [2.45, 2.75) is 20.8 Å². The molecule has 0 atom stereocenters. The van der Waals surface area contributed by atoms with Gasteiger partial charge < -0.3 is 0 Å². The second-order valence-electron chi connectivity index (χ2n) is 5.61. The van der Waals surface area contributed by atoms with Gasteiger partial charge in [0.1, 0.15) is 0 Å². The molecule has 0 aliphatic heterocycles. The SMILES string of the molecule is CC(=O)N(c1ccc(C)cc1)c1cn(C(C)=O)c2ccccc12. The number of anilines is 2. The van der Waals surface area contributed by atoms with Gasteiger partial charge in [0.2, 0.25) is 11.8 Å². The summed E-state index contributed by atoms with van der Waals surface area (Å²) in [6, 6.07) is 15.4. The zero-order valence-electron chi connectivity index (χ0n) is 13.4. The summed E-state index contributed by atoms with van der Waals surface area (Å²) < 4.78 is 1.58. The fraction of sp³-hybridized carbons (Fsp3) is 0.158. The Kier molecular flexibility index (Phi) is 3.74. The van der Waals surface area contributed by atoms with E-state index in [1.165, 1.54) is 13.8 Å². The average molecular weight is 306 g/mol. The number of aromatic nitrogens is 1. The first-order valence-corrected chi connectivity index (χ1v) is 7.47. The number of hydrogen-bond donors (Lipinski definition) is 0. The topological polar surface area (TPSA) is 42.3 Å². The number of para-hydroxylation sites is 1. The molecule has 0 fully saturated rings. The highest BCUT2D eigenvalue weighted by molar-refractivity contribution is 6.09. The van der Waals surface area contributed by atoms with Gasteiger partial charge in [0, 0.05) is 31.1 Å². The van der Waals surface area contributed by atoms with Gasteiger partial charge in [-0.05, 0) is 25.1 Å². The van der Waals surface area contributed by atoms with E-state index in [0.29, 0.717) is 5.69 Å². The van der Waals surface area contributed by atoms with E-state index in [1.54, 1.807) is 15.7 Å². The predicted molar refractivity (Wildman–Crippen MR) is 92.2 cm³/mol. The number of carbonyl (C=O) groups is 2. The summed E-state index contributed by atoms with van der Waals surface area (Å²) >= 11 is 0. The number of hydrogen-bond acceptors (Lipinski definition) is 2. The molecule has 0 unspecified atom stereocenters. The third kappa shape index (κ3) is 2.63. The first kappa shape index (κ1) is 15.0. The third-order valence-corrected chi connectivity index (χ3v) is 3.88. The number of carbonyl (C=O) groups excluding carboxylic acids is 2. The summed E-state index contributed by atoms with van der Waals surface area (Å²) in [4.78, 5) is 25.8. The quantitative estimate of drug-likeness (QED) is 0.708. The Bertz CT molecular complexity index is 891. The van der Waals surface area contributed by atoms with Crippen LogP contribution in [0.15, 0.2) is 54.7 Å². The largest absolute Gasteiger partial charge is 0.285 e. The van der Waals surface area contributed by atoms with E-state index in [1.807, 2.05) is 55.5 Å². The van der Waals surface area contributed by atoms with Crippen LogP contribution >= 0.6 is 0 Å². The van der Waals surface area contributed by atoms with Gasteiger partial charge in [0.25, 0.3) is 0 Å². The maximum absolute atomic E-state index is 12.3. The second kappa shape index (κ2) is 5.72. The van der Waals surface area contributed by atoms with Crippen LogP contribution in [-0.2, 0) is 4.79 Å². The van der Waals surface area contributed by atoms with E-state index < -0.39 is 0 Å². The minimum atomic E-state index is -0.0969. The molecule has 3 aromatic rings. The number of nitrogens with zero attached hydrogens (tertiary/aromatic N) is 2. The molecule has 0 saturated heterocycles. The summed E-state index contributed by atoms with van der Waals surface area (Å²) in [6.45, 7) is 5.05. The van der Waals surface area contributed by atoms with E-state index in [0.717, 1.165) is 22.2 Å². The minimum Gasteiger partial charge on any atom is -0.285 e. The molecule has 0 bridgehead atoms. The molecule has 116 valence electrons. The van der Waals surface area contributed by atoms with Gasteiger partial charge in [0.15, 0.2) is 0 Å². The lowest BCUT2D eigenvalue weighted by atomic mass is 10.1. The van der Waals surface area contributed by atoms with Gasteiger partial charge in [-0.1, -0.05) is 35.9 Å². The molecule has 3 rings (SSSR count). The molecule has 0 radical (unpaired) electrons. The molecule has 4 heteroatoms. The highest BCUT2D eigenvalue weighted by Crippen LogP contribution is 2.34. The predicted octanol–water partition coefficient (Wildman–Crippen LogP) is 4.29. The number of amides is 1. The summed E-state index contributed by atoms with van der Waals surface area (Å²) in [5, 5.41) is 0.874. The molecule has 2 aromatic carbocycles. The Labute approximate surface area is 134 Å². The molecule has 1 heterocycles. The molecule has 0 N–H and O–H groups in total.